The molecule has 2 aromatic heterocycles. The molecule has 0 unspecified atom stereocenters. The van der Waals surface area contributed by atoms with Crippen molar-refractivity contribution in [1.29, 1.82) is 0 Å². The van der Waals surface area contributed by atoms with Gasteiger partial charge < -0.3 is 0 Å². The molecule has 1 aliphatic heterocycles. The zero-order valence-corrected chi connectivity index (χ0v) is 14.2. The molecular weight excluding hydrogens is 306 g/mol. The summed E-state index contributed by atoms with van der Waals surface area (Å²) >= 11 is 0. The first kappa shape index (κ1) is 11.6. The number of hydrogen-bond donors (Lipinski definition) is 0. The van der Waals surface area contributed by atoms with E-state index in [0.717, 1.165) is 45.8 Å². The van der Waals surface area contributed by atoms with Gasteiger partial charge in [0.05, 0.1) is 11.0 Å². The van der Waals surface area contributed by atoms with Gasteiger partial charge in [-0.2, -0.15) is 4.57 Å². The molecule has 3 heterocycles. The molecule has 0 bridgehead atoms. The first-order valence-corrected chi connectivity index (χ1v) is 8.44. The van der Waals surface area contributed by atoms with E-state index in [1.54, 1.807) is 12.1 Å². The number of rotatable bonds is 1. The fourth-order valence-electron chi connectivity index (χ4n) is 3.87. The summed E-state index contributed by atoms with van der Waals surface area (Å²) < 4.78 is 27.2. The maximum absolute atomic E-state index is 7.63. The standard InChI is InChI=1S/C22H20N3/c1-14-8-9-17(15(2)10-14)20-11-16-12-22-23-18-6-4-5-7-19(18)25(22)21(16)13-24(20)3/h4-11,13H,12H2,1-3H3/q+1/i1D3. The largest absolute Gasteiger partial charge is 0.290 e. The Kier molecular flexibility index (Phi) is 2.33. The van der Waals surface area contributed by atoms with Crippen LogP contribution >= 0.6 is 0 Å². The fourth-order valence-corrected chi connectivity index (χ4v) is 3.87. The van der Waals surface area contributed by atoms with Gasteiger partial charge in [0, 0.05) is 22.2 Å². The number of aryl methyl sites for hydroxylation is 3. The van der Waals surface area contributed by atoms with Crippen LogP contribution in [-0.2, 0) is 13.5 Å². The summed E-state index contributed by atoms with van der Waals surface area (Å²) in [5, 5.41) is 0. The molecule has 3 heteroatoms. The molecule has 4 aromatic rings. The molecule has 1 aliphatic rings. The van der Waals surface area contributed by atoms with Crippen molar-refractivity contribution in [3.63, 3.8) is 0 Å². The van der Waals surface area contributed by atoms with E-state index in [-0.39, 0.29) is 0 Å². The molecule has 0 radical (unpaired) electrons. The Bertz CT molecular complexity index is 1250. The molecule has 0 spiro atoms. The zero-order valence-electron chi connectivity index (χ0n) is 17.2. The maximum atomic E-state index is 7.63. The van der Waals surface area contributed by atoms with Crippen molar-refractivity contribution in [3.05, 3.63) is 77.2 Å². The average Bonchev–Trinajstić information content (AvgIpc) is 3.16. The van der Waals surface area contributed by atoms with Crippen molar-refractivity contribution < 1.29 is 8.68 Å². The SMILES string of the molecule is [2H]C([2H])([2H])c1ccc(-c2cc3c(c[n+]2C)-n2c(nc4ccccc42)C3)c(C)c1. The van der Waals surface area contributed by atoms with Gasteiger partial charge in [0.25, 0.3) is 0 Å². The Labute approximate surface area is 151 Å². The lowest BCUT2D eigenvalue weighted by atomic mass is 10.0. The van der Waals surface area contributed by atoms with E-state index in [2.05, 4.69) is 27.5 Å². The lowest BCUT2D eigenvalue weighted by Gasteiger charge is -2.08. The third-order valence-corrected chi connectivity index (χ3v) is 5.06. The summed E-state index contributed by atoms with van der Waals surface area (Å²) in [7, 11) is 2.03. The number of aromatic nitrogens is 3. The third kappa shape index (κ3) is 2.05. The second-order valence-electron chi connectivity index (χ2n) is 6.74. The van der Waals surface area contributed by atoms with Crippen LogP contribution in [0.5, 0.6) is 0 Å². The summed E-state index contributed by atoms with van der Waals surface area (Å²) in [6.45, 7) is -0.115. The second kappa shape index (κ2) is 5.03. The topological polar surface area (TPSA) is 21.7 Å². The predicted octanol–water partition coefficient (Wildman–Crippen LogP) is 4.04. The molecule has 0 atom stereocenters. The number of hydrogen-bond acceptors (Lipinski definition) is 1. The third-order valence-electron chi connectivity index (χ3n) is 5.06. The highest BCUT2D eigenvalue weighted by Crippen LogP contribution is 2.33. The van der Waals surface area contributed by atoms with E-state index in [0.29, 0.717) is 5.56 Å². The summed E-state index contributed by atoms with van der Waals surface area (Å²) in [4.78, 5) is 4.79. The van der Waals surface area contributed by atoms with Gasteiger partial charge in [0.1, 0.15) is 18.6 Å². The normalized spacial score (nSPS) is 14.7. The van der Waals surface area contributed by atoms with Gasteiger partial charge in [-0.05, 0) is 43.1 Å². The van der Waals surface area contributed by atoms with E-state index in [9.17, 15) is 0 Å². The van der Waals surface area contributed by atoms with Crippen molar-refractivity contribution in [2.24, 2.45) is 7.05 Å². The van der Waals surface area contributed by atoms with Crippen LogP contribution in [0.1, 0.15) is 26.6 Å². The minimum atomic E-state index is -2.08. The monoisotopic (exact) mass is 329 g/mol. The van der Waals surface area contributed by atoms with E-state index >= 15 is 0 Å². The van der Waals surface area contributed by atoms with Crippen LogP contribution < -0.4 is 4.57 Å². The van der Waals surface area contributed by atoms with E-state index < -0.39 is 6.85 Å². The van der Waals surface area contributed by atoms with E-state index in [4.69, 9.17) is 9.10 Å². The molecule has 0 amide bonds. The predicted molar refractivity (Wildman–Crippen MR) is 100.0 cm³/mol. The molecule has 0 aliphatic carbocycles. The number of imidazole rings is 1. The van der Waals surface area contributed by atoms with Gasteiger partial charge in [-0.15, -0.1) is 0 Å². The van der Waals surface area contributed by atoms with Crippen LogP contribution in [0.25, 0.3) is 28.0 Å². The number of benzene rings is 2. The Balaban J connectivity index is 1.64. The number of pyridine rings is 1. The first-order valence-electron chi connectivity index (χ1n) is 9.94. The fraction of sp³-hybridized carbons (Fsp3) is 0.182. The van der Waals surface area contributed by atoms with E-state index in [1.807, 2.05) is 38.2 Å². The van der Waals surface area contributed by atoms with Gasteiger partial charge in [0.2, 0.25) is 5.69 Å². The molecule has 3 nitrogen and oxygen atoms in total. The highest BCUT2D eigenvalue weighted by Gasteiger charge is 2.27. The van der Waals surface area contributed by atoms with Crippen LogP contribution in [0.2, 0.25) is 0 Å². The second-order valence-corrected chi connectivity index (χ2v) is 6.74. The number of fused-ring (bicyclic) bond motifs is 5. The molecule has 0 fully saturated rings. The molecule has 122 valence electrons. The average molecular weight is 329 g/mol. The minimum Gasteiger partial charge on any atom is -0.290 e. The van der Waals surface area contributed by atoms with Crippen LogP contribution in [0.4, 0.5) is 0 Å². The molecule has 5 rings (SSSR count). The molecule has 25 heavy (non-hydrogen) atoms. The van der Waals surface area contributed by atoms with Gasteiger partial charge in [-0.25, -0.2) is 4.98 Å². The lowest BCUT2D eigenvalue weighted by molar-refractivity contribution is -0.660. The van der Waals surface area contributed by atoms with Crippen LogP contribution in [0.3, 0.4) is 0 Å². The molecule has 2 aromatic carbocycles. The Morgan fingerprint density at radius 2 is 2.04 bits per heavy atom. The minimum absolute atomic E-state index is 0.379. The Hall–Kier alpha value is -2.94. The summed E-state index contributed by atoms with van der Waals surface area (Å²) in [5.41, 5.74) is 8.01. The summed E-state index contributed by atoms with van der Waals surface area (Å²) in [6, 6.07) is 15.8. The Morgan fingerprint density at radius 1 is 1.16 bits per heavy atom. The smallest absolute Gasteiger partial charge is 0.212 e. The Morgan fingerprint density at radius 3 is 2.88 bits per heavy atom. The van der Waals surface area contributed by atoms with Gasteiger partial charge >= 0.3 is 0 Å². The first-order chi connectivity index (χ1) is 13.3. The van der Waals surface area contributed by atoms with Gasteiger partial charge in [0.15, 0.2) is 6.20 Å². The summed E-state index contributed by atoms with van der Waals surface area (Å²) in [6.07, 6.45) is 2.94. The molecule has 0 N–H and O–H groups in total. The van der Waals surface area contributed by atoms with Crippen LogP contribution in [0, 0.1) is 13.8 Å². The van der Waals surface area contributed by atoms with Crippen molar-refractivity contribution in [2.45, 2.75) is 20.2 Å². The summed E-state index contributed by atoms with van der Waals surface area (Å²) in [5.74, 6) is 1.06. The van der Waals surface area contributed by atoms with Crippen LogP contribution in [-0.4, -0.2) is 9.55 Å². The molecular formula is C22H20N3+. The maximum Gasteiger partial charge on any atom is 0.212 e. The van der Waals surface area contributed by atoms with Crippen molar-refractivity contribution in [3.8, 4) is 16.9 Å². The highest BCUT2D eigenvalue weighted by molar-refractivity contribution is 5.80. The van der Waals surface area contributed by atoms with Crippen LogP contribution in [0.15, 0.2) is 54.7 Å². The van der Waals surface area contributed by atoms with Crippen molar-refractivity contribution >= 4 is 11.0 Å². The quantitative estimate of drug-likeness (QED) is 0.425. The number of nitrogens with zero attached hydrogens (tertiary/aromatic N) is 3. The van der Waals surface area contributed by atoms with Crippen molar-refractivity contribution in [1.82, 2.24) is 9.55 Å². The lowest BCUT2D eigenvalue weighted by Crippen LogP contribution is -2.31. The number of para-hydroxylation sites is 2. The highest BCUT2D eigenvalue weighted by atomic mass is 15.1. The van der Waals surface area contributed by atoms with Gasteiger partial charge in [-0.1, -0.05) is 29.8 Å². The molecule has 0 saturated heterocycles. The van der Waals surface area contributed by atoms with Crippen molar-refractivity contribution in [2.75, 3.05) is 0 Å². The van der Waals surface area contributed by atoms with Gasteiger partial charge in [-0.3, -0.25) is 4.57 Å². The molecule has 0 saturated carbocycles. The zero-order chi connectivity index (χ0) is 19.6. The van der Waals surface area contributed by atoms with E-state index in [1.165, 1.54) is 5.56 Å².